The smallest absolute Gasteiger partial charge is 0.263 e. The number of hydrogen-bond donors (Lipinski definition) is 1. The number of methoxy groups -OCH3 is 1. The normalized spacial score (nSPS) is 10.9. The third kappa shape index (κ3) is 4.62. The molecule has 0 saturated carbocycles. The number of amides is 1. The van der Waals surface area contributed by atoms with E-state index in [1.807, 2.05) is 79.0 Å². The van der Waals surface area contributed by atoms with E-state index in [2.05, 4.69) is 10.4 Å². The summed E-state index contributed by atoms with van der Waals surface area (Å²) in [5, 5.41) is 12.2. The van der Waals surface area contributed by atoms with Gasteiger partial charge in [0.1, 0.15) is 17.3 Å². The second-order valence-corrected chi connectivity index (χ2v) is 8.51. The lowest BCUT2D eigenvalue weighted by molar-refractivity contribution is -0.118. The van der Waals surface area contributed by atoms with E-state index in [1.165, 1.54) is 11.3 Å². The monoisotopic (exact) mass is 470 g/mol. The highest BCUT2D eigenvalue weighted by Crippen LogP contribution is 2.28. The molecule has 2 aromatic heterocycles. The Morgan fingerprint density at radius 3 is 2.71 bits per heavy atom. The van der Waals surface area contributed by atoms with Crippen molar-refractivity contribution in [3.63, 3.8) is 0 Å². The maximum atomic E-state index is 12.6. The molecule has 0 bridgehead atoms. The molecule has 0 spiro atoms. The predicted octanol–water partition coefficient (Wildman–Crippen LogP) is 5.48. The van der Waals surface area contributed by atoms with Crippen LogP contribution >= 0.6 is 11.3 Å². The summed E-state index contributed by atoms with van der Waals surface area (Å²) in [5.41, 5.74) is 2.52. The molecule has 0 radical (unpaired) electrons. The van der Waals surface area contributed by atoms with Crippen molar-refractivity contribution < 1.29 is 14.3 Å². The minimum absolute atomic E-state index is 0.116. The van der Waals surface area contributed by atoms with Crippen molar-refractivity contribution in [2.24, 2.45) is 0 Å². The number of anilines is 1. The number of nitrogens with one attached hydrogen (secondary N) is 1. The molecule has 2 heterocycles. The van der Waals surface area contributed by atoms with Crippen molar-refractivity contribution in [3.05, 3.63) is 83.9 Å². The fraction of sp³-hybridized carbons (Fsp3) is 0.115. The molecule has 0 aliphatic rings. The van der Waals surface area contributed by atoms with Gasteiger partial charge < -0.3 is 14.8 Å². The molecule has 3 aromatic carbocycles. The molecule has 0 unspecified atom stereocenters. The molecule has 5 aromatic rings. The zero-order valence-electron chi connectivity index (χ0n) is 18.7. The van der Waals surface area contributed by atoms with Gasteiger partial charge in [0, 0.05) is 17.0 Å². The predicted molar refractivity (Wildman–Crippen MR) is 134 cm³/mol. The molecular weight excluding hydrogens is 448 g/mol. The van der Waals surface area contributed by atoms with Crippen molar-refractivity contribution in [2.75, 3.05) is 19.0 Å². The number of fused-ring (bicyclic) bond motifs is 1. The summed E-state index contributed by atoms with van der Waals surface area (Å²) in [6, 6.07) is 23.3. The molecule has 8 heteroatoms. The zero-order chi connectivity index (χ0) is 23.5. The van der Waals surface area contributed by atoms with Crippen molar-refractivity contribution in [2.45, 2.75) is 6.92 Å². The summed E-state index contributed by atoms with van der Waals surface area (Å²) in [6.07, 6.45) is 0. The van der Waals surface area contributed by atoms with Crippen LogP contribution in [0.25, 0.3) is 27.2 Å². The fourth-order valence-corrected chi connectivity index (χ4v) is 4.39. The number of hydrogen-bond acceptors (Lipinski definition) is 6. The quantitative estimate of drug-likeness (QED) is 0.341. The number of carbonyl (C=O) groups excluding carboxylic acids is 1. The highest BCUT2D eigenvalue weighted by atomic mass is 32.1. The number of aromatic nitrogens is 3. The number of carbonyl (C=O) groups is 1. The molecule has 0 aliphatic heterocycles. The van der Waals surface area contributed by atoms with Crippen LogP contribution in [0.1, 0.15) is 5.69 Å². The van der Waals surface area contributed by atoms with Gasteiger partial charge in [-0.1, -0.05) is 42.5 Å². The summed E-state index contributed by atoms with van der Waals surface area (Å²) >= 11 is 1.44. The van der Waals surface area contributed by atoms with Gasteiger partial charge in [-0.05, 0) is 42.0 Å². The molecule has 1 N–H and O–H groups in total. The van der Waals surface area contributed by atoms with E-state index in [1.54, 1.807) is 17.9 Å². The van der Waals surface area contributed by atoms with Crippen LogP contribution in [-0.4, -0.2) is 34.4 Å². The van der Waals surface area contributed by atoms with Crippen molar-refractivity contribution >= 4 is 33.8 Å². The Labute approximate surface area is 200 Å². The minimum atomic E-state index is -0.279. The zero-order valence-corrected chi connectivity index (χ0v) is 19.5. The molecular formula is C26H22N4O3S. The number of benzene rings is 3. The number of ether oxygens (including phenoxy) is 2. The van der Waals surface area contributed by atoms with Crippen LogP contribution in [0.3, 0.4) is 0 Å². The number of thiazole rings is 1. The van der Waals surface area contributed by atoms with Crippen LogP contribution in [0.4, 0.5) is 5.82 Å². The van der Waals surface area contributed by atoms with E-state index < -0.39 is 0 Å². The van der Waals surface area contributed by atoms with E-state index >= 15 is 0 Å². The molecule has 7 nitrogen and oxygen atoms in total. The van der Waals surface area contributed by atoms with Crippen LogP contribution in [0.15, 0.2) is 78.2 Å². The van der Waals surface area contributed by atoms with Gasteiger partial charge in [0.05, 0.1) is 18.5 Å². The van der Waals surface area contributed by atoms with Crippen molar-refractivity contribution in [1.29, 1.82) is 0 Å². The molecule has 0 aliphatic carbocycles. The molecule has 0 fully saturated rings. The van der Waals surface area contributed by atoms with Crippen LogP contribution in [-0.2, 0) is 4.79 Å². The fourth-order valence-electron chi connectivity index (χ4n) is 3.60. The first-order valence-corrected chi connectivity index (χ1v) is 11.6. The molecule has 170 valence electrons. The standard InChI is InChI=1S/C26H22N4O3S/c1-17-12-24(28-25(31)15-33-22-11-10-18-6-3-4-7-19(18)13-22)30(29-17)26-27-23(16-34-26)20-8-5-9-21(14-20)32-2/h3-14,16H,15H2,1-2H3,(H,28,31). The van der Waals surface area contributed by atoms with Crippen LogP contribution in [0.5, 0.6) is 11.5 Å². The van der Waals surface area contributed by atoms with Gasteiger partial charge in [0.25, 0.3) is 5.91 Å². The Morgan fingerprint density at radius 1 is 1.00 bits per heavy atom. The van der Waals surface area contributed by atoms with Gasteiger partial charge in [0.15, 0.2) is 6.61 Å². The summed E-state index contributed by atoms with van der Waals surface area (Å²) in [4.78, 5) is 17.3. The summed E-state index contributed by atoms with van der Waals surface area (Å²) in [7, 11) is 1.64. The summed E-state index contributed by atoms with van der Waals surface area (Å²) < 4.78 is 12.7. The topological polar surface area (TPSA) is 78.3 Å². The van der Waals surface area contributed by atoms with Crippen LogP contribution in [0, 0.1) is 6.92 Å². The van der Waals surface area contributed by atoms with Gasteiger partial charge >= 0.3 is 0 Å². The first-order valence-electron chi connectivity index (χ1n) is 10.7. The van der Waals surface area contributed by atoms with Gasteiger partial charge in [-0.15, -0.1) is 11.3 Å². The minimum Gasteiger partial charge on any atom is -0.497 e. The SMILES string of the molecule is COc1cccc(-c2csc(-n3nc(C)cc3NC(=O)COc3ccc4ccccc4c3)n2)c1. The summed E-state index contributed by atoms with van der Waals surface area (Å²) in [5.74, 6) is 1.66. The second kappa shape index (κ2) is 9.36. The Kier molecular flexibility index (Phi) is 5.97. The maximum absolute atomic E-state index is 12.6. The largest absolute Gasteiger partial charge is 0.497 e. The van der Waals surface area contributed by atoms with Gasteiger partial charge in [-0.2, -0.15) is 9.78 Å². The maximum Gasteiger partial charge on any atom is 0.263 e. The van der Waals surface area contributed by atoms with E-state index in [0.717, 1.165) is 33.5 Å². The second-order valence-electron chi connectivity index (χ2n) is 7.68. The first-order chi connectivity index (χ1) is 16.6. The van der Waals surface area contributed by atoms with Gasteiger partial charge in [0.2, 0.25) is 5.13 Å². The van der Waals surface area contributed by atoms with E-state index in [-0.39, 0.29) is 12.5 Å². The van der Waals surface area contributed by atoms with Crippen molar-refractivity contribution in [1.82, 2.24) is 14.8 Å². The lowest BCUT2D eigenvalue weighted by Crippen LogP contribution is -2.21. The Balaban J connectivity index is 1.30. The van der Waals surface area contributed by atoms with E-state index in [9.17, 15) is 4.79 Å². The Bertz CT molecular complexity index is 1470. The van der Waals surface area contributed by atoms with Gasteiger partial charge in [-0.3, -0.25) is 4.79 Å². The highest BCUT2D eigenvalue weighted by molar-refractivity contribution is 7.12. The Hall–Kier alpha value is -4.17. The average molecular weight is 471 g/mol. The van der Waals surface area contributed by atoms with Crippen molar-refractivity contribution in [3.8, 4) is 27.9 Å². The van der Waals surface area contributed by atoms with Crippen LogP contribution < -0.4 is 14.8 Å². The molecule has 0 saturated heterocycles. The number of aryl methyl sites for hydroxylation is 1. The Morgan fingerprint density at radius 2 is 1.85 bits per heavy atom. The first kappa shape index (κ1) is 21.7. The molecule has 0 atom stereocenters. The van der Waals surface area contributed by atoms with Gasteiger partial charge in [-0.25, -0.2) is 4.98 Å². The van der Waals surface area contributed by atoms with E-state index in [0.29, 0.717) is 16.7 Å². The molecule has 34 heavy (non-hydrogen) atoms. The average Bonchev–Trinajstić information content (AvgIpc) is 3.49. The lowest BCUT2D eigenvalue weighted by atomic mass is 10.1. The summed E-state index contributed by atoms with van der Waals surface area (Å²) in [6.45, 7) is 1.75. The number of rotatable bonds is 7. The molecule has 1 amide bonds. The third-order valence-electron chi connectivity index (χ3n) is 5.23. The van der Waals surface area contributed by atoms with E-state index in [4.69, 9.17) is 14.5 Å². The third-order valence-corrected chi connectivity index (χ3v) is 6.04. The highest BCUT2D eigenvalue weighted by Gasteiger charge is 2.15. The molecule has 5 rings (SSSR count). The lowest BCUT2D eigenvalue weighted by Gasteiger charge is -2.09. The van der Waals surface area contributed by atoms with Crippen LogP contribution in [0.2, 0.25) is 0 Å². The number of nitrogens with zero attached hydrogens (tertiary/aromatic N) is 3.